The first-order chi connectivity index (χ1) is 18.8. The highest BCUT2D eigenvalue weighted by Crippen LogP contribution is 2.52. The van der Waals surface area contributed by atoms with Crippen LogP contribution in [0, 0.1) is 0 Å². The van der Waals surface area contributed by atoms with Gasteiger partial charge in [0.1, 0.15) is 30.5 Å². The molecule has 0 aromatic heterocycles. The molecule has 2 aromatic carbocycles. The van der Waals surface area contributed by atoms with Gasteiger partial charge in [-0.2, -0.15) is 0 Å². The van der Waals surface area contributed by atoms with E-state index >= 15 is 0 Å². The van der Waals surface area contributed by atoms with Crippen LogP contribution in [-0.2, 0) is 9.47 Å². The summed E-state index contributed by atoms with van der Waals surface area (Å²) in [7, 11) is 4.50. The molecule has 6 N–H and O–H groups in total. The standard InChI is InChI=1S/C27H34O12/c1-34-18-9-14(10-19(35-2)26(18)36-3)24-16(11-28)15-7-13(8-17(30)25(15)39-24)5-4-6-37-27-23(33)22(32)21(31)20(12-29)38-27/h4-5,7-10,16,20-24,27-33H,6,11-12H2,1-3H3/b5-4+/t16-,20-,21+,22-,23-,24+,27+/m1/s1. The Hall–Kier alpha value is -3.10. The van der Waals surface area contributed by atoms with Gasteiger partial charge in [-0.05, 0) is 29.8 Å². The fraction of sp³-hybridized carbons (Fsp3) is 0.481. The summed E-state index contributed by atoms with van der Waals surface area (Å²) in [5.41, 5.74) is 1.85. The van der Waals surface area contributed by atoms with Gasteiger partial charge in [0.2, 0.25) is 5.75 Å². The van der Waals surface area contributed by atoms with Crippen LogP contribution >= 0.6 is 0 Å². The van der Waals surface area contributed by atoms with Crippen LogP contribution in [0.1, 0.15) is 28.7 Å². The molecule has 0 radical (unpaired) electrons. The first-order valence-electron chi connectivity index (χ1n) is 12.3. The van der Waals surface area contributed by atoms with Crippen LogP contribution in [0.25, 0.3) is 6.08 Å². The number of phenolic OH excluding ortho intramolecular Hbond substituents is 1. The third kappa shape index (κ3) is 5.63. The minimum atomic E-state index is -1.53. The molecule has 2 heterocycles. The molecule has 39 heavy (non-hydrogen) atoms. The van der Waals surface area contributed by atoms with E-state index in [0.717, 1.165) is 0 Å². The van der Waals surface area contributed by atoms with Crippen molar-refractivity contribution in [3.05, 3.63) is 47.0 Å². The predicted molar refractivity (Wildman–Crippen MR) is 136 cm³/mol. The van der Waals surface area contributed by atoms with Gasteiger partial charge in [0, 0.05) is 11.1 Å². The Labute approximate surface area is 225 Å². The second kappa shape index (κ2) is 12.4. The van der Waals surface area contributed by atoms with Crippen molar-refractivity contribution in [2.45, 2.75) is 42.7 Å². The van der Waals surface area contributed by atoms with Crippen LogP contribution in [0.3, 0.4) is 0 Å². The van der Waals surface area contributed by atoms with Gasteiger partial charge in [0.25, 0.3) is 0 Å². The maximum atomic E-state index is 10.7. The summed E-state index contributed by atoms with van der Waals surface area (Å²) in [5, 5.41) is 60.1. The number of hydrogen-bond acceptors (Lipinski definition) is 12. The summed E-state index contributed by atoms with van der Waals surface area (Å²) in [6, 6.07) is 6.73. The molecule has 2 aromatic rings. The van der Waals surface area contributed by atoms with Gasteiger partial charge in [-0.1, -0.05) is 12.2 Å². The topological polar surface area (TPSA) is 177 Å². The van der Waals surface area contributed by atoms with Crippen molar-refractivity contribution in [2.24, 2.45) is 0 Å². The van der Waals surface area contributed by atoms with Crippen molar-refractivity contribution < 1.29 is 59.1 Å². The zero-order valence-corrected chi connectivity index (χ0v) is 21.8. The number of aromatic hydroxyl groups is 1. The zero-order valence-electron chi connectivity index (χ0n) is 21.8. The Balaban J connectivity index is 1.51. The minimum absolute atomic E-state index is 0.0471. The highest BCUT2D eigenvalue weighted by molar-refractivity contribution is 5.62. The molecule has 0 spiro atoms. The number of aliphatic hydroxyl groups excluding tert-OH is 5. The van der Waals surface area contributed by atoms with E-state index in [4.69, 9.17) is 28.4 Å². The van der Waals surface area contributed by atoms with Crippen molar-refractivity contribution in [2.75, 3.05) is 41.2 Å². The number of benzene rings is 2. The van der Waals surface area contributed by atoms with Crippen LogP contribution in [0.15, 0.2) is 30.3 Å². The highest BCUT2D eigenvalue weighted by Gasteiger charge is 2.44. The molecule has 0 saturated carbocycles. The SMILES string of the molecule is COc1cc([C@@H]2Oc3c(O)cc(/C=C/CO[C@H]4O[C@H](CO)[C@H](O)[C@@H](O)[C@H]4O)cc3[C@H]2CO)cc(OC)c1OC. The molecule has 2 aliphatic heterocycles. The molecule has 2 aliphatic rings. The van der Waals surface area contributed by atoms with Crippen molar-refractivity contribution in [3.8, 4) is 28.7 Å². The third-order valence-electron chi connectivity index (χ3n) is 6.86. The molecular formula is C27H34O12. The largest absolute Gasteiger partial charge is 0.504 e. The fourth-order valence-corrected chi connectivity index (χ4v) is 4.83. The van der Waals surface area contributed by atoms with E-state index in [0.29, 0.717) is 33.9 Å². The van der Waals surface area contributed by atoms with Crippen LogP contribution in [0.5, 0.6) is 28.7 Å². The molecule has 214 valence electrons. The van der Waals surface area contributed by atoms with E-state index in [9.17, 15) is 30.6 Å². The summed E-state index contributed by atoms with van der Waals surface area (Å²) in [4.78, 5) is 0. The number of fused-ring (bicyclic) bond motifs is 1. The van der Waals surface area contributed by atoms with E-state index in [1.54, 1.807) is 30.4 Å². The molecule has 0 amide bonds. The van der Waals surface area contributed by atoms with Crippen LogP contribution in [0.4, 0.5) is 0 Å². The van der Waals surface area contributed by atoms with E-state index < -0.39 is 49.3 Å². The second-order valence-corrected chi connectivity index (χ2v) is 9.18. The molecule has 7 atom stereocenters. The molecule has 1 fully saturated rings. The second-order valence-electron chi connectivity index (χ2n) is 9.18. The normalized spacial score (nSPS) is 28.3. The van der Waals surface area contributed by atoms with E-state index in [1.807, 2.05) is 0 Å². The van der Waals surface area contributed by atoms with E-state index in [2.05, 4.69) is 0 Å². The molecule has 12 nitrogen and oxygen atoms in total. The molecule has 12 heteroatoms. The number of rotatable bonds is 10. The summed E-state index contributed by atoms with van der Waals surface area (Å²) >= 11 is 0. The van der Waals surface area contributed by atoms with Gasteiger partial charge in [-0.25, -0.2) is 0 Å². The highest BCUT2D eigenvalue weighted by atomic mass is 16.7. The number of aliphatic hydroxyl groups is 5. The van der Waals surface area contributed by atoms with Crippen molar-refractivity contribution >= 4 is 6.08 Å². The summed E-state index contributed by atoms with van der Waals surface area (Å²) in [6.07, 6.45) is -4.22. The first kappa shape index (κ1) is 28.9. The average Bonchev–Trinajstić information content (AvgIpc) is 3.33. The van der Waals surface area contributed by atoms with Crippen LogP contribution in [0.2, 0.25) is 0 Å². The van der Waals surface area contributed by atoms with Gasteiger partial charge in [0.05, 0.1) is 47.1 Å². The summed E-state index contributed by atoms with van der Waals surface area (Å²) in [5.74, 6) is 0.900. The maximum absolute atomic E-state index is 10.7. The maximum Gasteiger partial charge on any atom is 0.203 e. The average molecular weight is 551 g/mol. The van der Waals surface area contributed by atoms with Crippen molar-refractivity contribution in [3.63, 3.8) is 0 Å². The summed E-state index contributed by atoms with van der Waals surface area (Å²) in [6.45, 7) is -0.865. The number of hydrogen-bond donors (Lipinski definition) is 6. The number of phenols is 1. The van der Waals surface area contributed by atoms with Crippen molar-refractivity contribution in [1.29, 1.82) is 0 Å². The molecule has 1 saturated heterocycles. The molecule has 0 aliphatic carbocycles. The lowest BCUT2D eigenvalue weighted by atomic mass is 9.90. The Kier molecular flexibility index (Phi) is 9.18. The van der Waals surface area contributed by atoms with Gasteiger partial charge in [0.15, 0.2) is 29.3 Å². The van der Waals surface area contributed by atoms with Gasteiger partial charge < -0.3 is 59.1 Å². The van der Waals surface area contributed by atoms with Crippen molar-refractivity contribution in [1.82, 2.24) is 0 Å². The Morgan fingerprint density at radius 3 is 2.15 bits per heavy atom. The number of methoxy groups -OCH3 is 3. The third-order valence-corrected chi connectivity index (χ3v) is 6.86. The predicted octanol–water partition coefficient (Wildman–Crippen LogP) is 0.457. The van der Waals surface area contributed by atoms with E-state index in [-0.39, 0.29) is 24.7 Å². The Bertz CT molecular complexity index is 1140. The van der Waals surface area contributed by atoms with Gasteiger partial charge in [-0.15, -0.1) is 0 Å². The monoisotopic (exact) mass is 550 g/mol. The lowest BCUT2D eigenvalue weighted by Gasteiger charge is -2.39. The van der Waals surface area contributed by atoms with Gasteiger partial charge >= 0.3 is 0 Å². The zero-order chi connectivity index (χ0) is 28.3. The van der Waals surface area contributed by atoms with Crippen LogP contribution in [-0.4, -0.2) is 102 Å². The molecule has 0 unspecified atom stereocenters. The fourth-order valence-electron chi connectivity index (χ4n) is 4.83. The quantitative estimate of drug-likeness (QED) is 0.241. The summed E-state index contributed by atoms with van der Waals surface area (Å²) < 4.78 is 33.1. The van der Waals surface area contributed by atoms with Gasteiger partial charge in [-0.3, -0.25) is 0 Å². The van der Waals surface area contributed by atoms with Crippen LogP contribution < -0.4 is 18.9 Å². The smallest absolute Gasteiger partial charge is 0.203 e. The lowest BCUT2D eigenvalue weighted by Crippen LogP contribution is -2.59. The molecular weight excluding hydrogens is 516 g/mol. The Morgan fingerprint density at radius 1 is 0.872 bits per heavy atom. The first-order valence-corrected chi connectivity index (χ1v) is 12.3. The van der Waals surface area contributed by atoms with E-state index in [1.165, 1.54) is 27.4 Å². The minimum Gasteiger partial charge on any atom is -0.504 e. The molecule has 0 bridgehead atoms. The Morgan fingerprint density at radius 2 is 1.56 bits per heavy atom. The number of ether oxygens (including phenoxy) is 6. The lowest BCUT2D eigenvalue weighted by molar-refractivity contribution is -0.298. The molecule has 4 rings (SSSR count).